The van der Waals surface area contributed by atoms with E-state index in [-0.39, 0.29) is 5.91 Å². The smallest absolute Gasteiger partial charge is 0.269 e. The number of hydrogen-bond donors (Lipinski definition) is 1. The molecule has 0 fully saturated rings. The number of aryl methyl sites for hydroxylation is 2. The summed E-state index contributed by atoms with van der Waals surface area (Å²) in [5.41, 5.74) is 1.42. The SMILES string of the molecule is CCn1nc(C)cc1C(=O)NCCCC#N. The quantitative estimate of drug-likeness (QED) is 0.759. The van der Waals surface area contributed by atoms with Crippen molar-refractivity contribution in [2.45, 2.75) is 33.2 Å². The Kier molecular flexibility index (Phi) is 4.52. The summed E-state index contributed by atoms with van der Waals surface area (Å²) in [6.45, 7) is 5.01. The molecule has 86 valence electrons. The summed E-state index contributed by atoms with van der Waals surface area (Å²) in [7, 11) is 0. The average Bonchev–Trinajstić information content (AvgIpc) is 2.65. The fourth-order valence-corrected chi connectivity index (χ4v) is 1.43. The maximum Gasteiger partial charge on any atom is 0.269 e. The van der Waals surface area contributed by atoms with Crippen LogP contribution in [0.4, 0.5) is 0 Å². The first-order valence-electron chi connectivity index (χ1n) is 5.38. The van der Waals surface area contributed by atoms with Crippen LogP contribution < -0.4 is 5.32 Å². The minimum Gasteiger partial charge on any atom is -0.351 e. The molecule has 0 aliphatic rings. The van der Waals surface area contributed by atoms with Gasteiger partial charge in [0.25, 0.3) is 5.91 Å². The fraction of sp³-hybridized carbons (Fsp3) is 0.545. The largest absolute Gasteiger partial charge is 0.351 e. The van der Waals surface area contributed by atoms with E-state index in [1.54, 1.807) is 10.7 Å². The molecule has 5 nitrogen and oxygen atoms in total. The van der Waals surface area contributed by atoms with Crippen molar-refractivity contribution >= 4 is 5.91 Å². The van der Waals surface area contributed by atoms with Crippen LogP contribution in [0.5, 0.6) is 0 Å². The molecule has 0 aromatic carbocycles. The summed E-state index contributed by atoms with van der Waals surface area (Å²) < 4.78 is 1.68. The van der Waals surface area contributed by atoms with Crippen LogP contribution in [0.3, 0.4) is 0 Å². The maximum atomic E-state index is 11.7. The molecule has 0 unspecified atom stereocenters. The van der Waals surface area contributed by atoms with Gasteiger partial charge >= 0.3 is 0 Å². The predicted octanol–water partition coefficient (Wildman–Crippen LogP) is 1.24. The van der Waals surface area contributed by atoms with Crippen LogP contribution in [-0.4, -0.2) is 22.2 Å². The molecule has 0 spiro atoms. The van der Waals surface area contributed by atoms with E-state index in [0.717, 1.165) is 5.69 Å². The number of aromatic nitrogens is 2. The number of unbranched alkanes of at least 4 members (excludes halogenated alkanes) is 1. The van der Waals surface area contributed by atoms with Gasteiger partial charge in [0.05, 0.1) is 11.8 Å². The number of nitriles is 1. The molecule has 0 saturated carbocycles. The van der Waals surface area contributed by atoms with E-state index in [1.165, 1.54) is 0 Å². The van der Waals surface area contributed by atoms with Gasteiger partial charge in [0.2, 0.25) is 0 Å². The third-order valence-electron chi connectivity index (χ3n) is 2.19. The van der Waals surface area contributed by atoms with Crippen molar-refractivity contribution in [3.63, 3.8) is 0 Å². The first-order chi connectivity index (χ1) is 7.69. The summed E-state index contributed by atoms with van der Waals surface area (Å²) in [6.07, 6.45) is 1.15. The van der Waals surface area contributed by atoms with Gasteiger partial charge in [0, 0.05) is 19.5 Å². The van der Waals surface area contributed by atoms with Crippen molar-refractivity contribution in [3.8, 4) is 6.07 Å². The van der Waals surface area contributed by atoms with Crippen molar-refractivity contribution in [3.05, 3.63) is 17.5 Å². The van der Waals surface area contributed by atoms with Crippen molar-refractivity contribution < 1.29 is 4.79 Å². The Morgan fingerprint density at radius 3 is 3.06 bits per heavy atom. The number of nitrogens with zero attached hydrogens (tertiary/aromatic N) is 3. The van der Waals surface area contributed by atoms with E-state index in [9.17, 15) is 4.79 Å². The molecule has 0 bridgehead atoms. The Labute approximate surface area is 95.1 Å². The lowest BCUT2D eigenvalue weighted by atomic mass is 10.3. The molecule has 1 rings (SSSR count). The van der Waals surface area contributed by atoms with E-state index in [4.69, 9.17) is 5.26 Å². The predicted molar refractivity (Wildman–Crippen MR) is 59.8 cm³/mol. The molecule has 1 heterocycles. The van der Waals surface area contributed by atoms with Gasteiger partial charge in [0.1, 0.15) is 5.69 Å². The van der Waals surface area contributed by atoms with Gasteiger partial charge in [-0.15, -0.1) is 0 Å². The van der Waals surface area contributed by atoms with Crippen molar-refractivity contribution in [2.24, 2.45) is 0 Å². The van der Waals surface area contributed by atoms with E-state index >= 15 is 0 Å². The Morgan fingerprint density at radius 1 is 1.69 bits per heavy atom. The van der Waals surface area contributed by atoms with Crippen LogP contribution in [0, 0.1) is 18.3 Å². The summed E-state index contributed by atoms with van der Waals surface area (Å²) in [4.78, 5) is 11.7. The third kappa shape index (κ3) is 3.09. The van der Waals surface area contributed by atoms with Crippen molar-refractivity contribution in [1.29, 1.82) is 5.26 Å². The van der Waals surface area contributed by atoms with Gasteiger partial charge in [-0.3, -0.25) is 9.48 Å². The molecular formula is C11H16N4O. The second-order valence-electron chi connectivity index (χ2n) is 3.50. The average molecular weight is 220 g/mol. The van der Waals surface area contributed by atoms with Crippen LogP contribution in [0.1, 0.15) is 35.9 Å². The summed E-state index contributed by atoms with van der Waals surface area (Å²) in [6, 6.07) is 3.81. The number of rotatable bonds is 5. The molecule has 0 saturated heterocycles. The molecule has 1 amide bonds. The molecule has 0 atom stereocenters. The van der Waals surface area contributed by atoms with E-state index in [2.05, 4.69) is 10.4 Å². The Morgan fingerprint density at radius 2 is 2.44 bits per heavy atom. The number of amides is 1. The summed E-state index contributed by atoms with van der Waals surface area (Å²) >= 11 is 0. The lowest BCUT2D eigenvalue weighted by molar-refractivity contribution is 0.0942. The highest BCUT2D eigenvalue weighted by molar-refractivity contribution is 5.92. The van der Waals surface area contributed by atoms with E-state index in [1.807, 2.05) is 19.9 Å². The minimum absolute atomic E-state index is 0.125. The number of nitrogens with one attached hydrogen (secondary N) is 1. The molecule has 0 radical (unpaired) electrons. The fourth-order valence-electron chi connectivity index (χ4n) is 1.43. The highest BCUT2D eigenvalue weighted by Gasteiger charge is 2.11. The van der Waals surface area contributed by atoms with E-state index in [0.29, 0.717) is 31.6 Å². The van der Waals surface area contributed by atoms with Gasteiger partial charge in [-0.2, -0.15) is 10.4 Å². The Balaban J connectivity index is 2.55. The highest BCUT2D eigenvalue weighted by atomic mass is 16.2. The molecular weight excluding hydrogens is 204 g/mol. The van der Waals surface area contributed by atoms with Crippen molar-refractivity contribution in [1.82, 2.24) is 15.1 Å². The zero-order valence-corrected chi connectivity index (χ0v) is 9.66. The zero-order chi connectivity index (χ0) is 12.0. The Bertz CT molecular complexity index is 403. The van der Waals surface area contributed by atoms with Crippen molar-refractivity contribution in [2.75, 3.05) is 6.54 Å². The van der Waals surface area contributed by atoms with Gasteiger partial charge in [-0.25, -0.2) is 0 Å². The number of carbonyl (C=O) groups excluding carboxylic acids is 1. The molecule has 0 aliphatic carbocycles. The number of carbonyl (C=O) groups is 1. The molecule has 1 N–H and O–H groups in total. The van der Waals surface area contributed by atoms with Gasteiger partial charge in [0.15, 0.2) is 0 Å². The third-order valence-corrected chi connectivity index (χ3v) is 2.19. The standard InChI is InChI=1S/C11H16N4O/c1-3-15-10(8-9(2)14-15)11(16)13-7-5-4-6-12/h8H,3-5,7H2,1-2H3,(H,13,16). The molecule has 16 heavy (non-hydrogen) atoms. The first kappa shape index (κ1) is 12.2. The molecule has 0 aliphatic heterocycles. The highest BCUT2D eigenvalue weighted by Crippen LogP contribution is 2.03. The zero-order valence-electron chi connectivity index (χ0n) is 9.66. The van der Waals surface area contributed by atoms with Crippen LogP contribution >= 0.6 is 0 Å². The van der Waals surface area contributed by atoms with Gasteiger partial charge in [-0.1, -0.05) is 0 Å². The van der Waals surface area contributed by atoms with Gasteiger partial charge < -0.3 is 5.32 Å². The molecule has 1 aromatic heterocycles. The maximum absolute atomic E-state index is 11.7. The normalized spacial score (nSPS) is 9.81. The van der Waals surface area contributed by atoms with Crippen LogP contribution in [0.25, 0.3) is 0 Å². The summed E-state index contributed by atoms with van der Waals surface area (Å²) in [5, 5.41) is 15.3. The molecule has 5 heteroatoms. The topological polar surface area (TPSA) is 70.7 Å². The number of hydrogen-bond acceptors (Lipinski definition) is 3. The summed E-state index contributed by atoms with van der Waals surface area (Å²) in [5.74, 6) is -0.125. The van der Waals surface area contributed by atoms with Crippen LogP contribution in [0.2, 0.25) is 0 Å². The second kappa shape index (κ2) is 5.91. The lowest BCUT2D eigenvalue weighted by Crippen LogP contribution is -2.26. The van der Waals surface area contributed by atoms with E-state index < -0.39 is 0 Å². The van der Waals surface area contributed by atoms with Gasteiger partial charge in [-0.05, 0) is 26.3 Å². The first-order valence-corrected chi connectivity index (χ1v) is 5.38. The molecule has 1 aromatic rings. The monoisotopic (exact) mass is 220 g/mol. The van der Waals surface area contributed by atoms with Crippen LogP contribution in [0.15, 0.2) is 6.07 Å². The second-order valence-corrected chi connectivity index (χ2v) is 3.50. The van der Waals surface area contributed by atoms with Crippen LogP contribution in [-0.2, 0) is 6.54 Å². The minimum atomic E-state index is -0.125. The lowest BCUT2D eigenvalue weighted by Gasteiger charge is -2.05. The Hall–Kier alpha value is -1.83.